The van der Waals surface area contributed by atoms with Gasteiger partial charge in [0.25, 0.3) is 0 Å². The fraction of sp³-hybridized carbons (Fsp3) is 0.550. The Balaban J connectivity index is 1.59. The van der Waals surface area contributed by atoms with E-state index in [2.05, 4.69) is 24.1 Å². The highest BCUT2D eigenvalue weighted by Crippen LogP contribution is 2.33. The number of nitrogens with one attached hydrogen (secondary N) is 1. The molecule has 0 amide bonds. The van der Waals surface area contributed by atoms with E-state index in [-0.39, 0.29) is 6.10 Å². The van der Waals surface area contributed by atoms with Crippen LogP contribution in [0.4, 0.5) is 0 Å². The van der Waals surface area contributed by atoms with Crippen LogP contribution in [-0.2, 0) is 0 Å². The predicted molar refractivity (Wildman–Crippen MR) is 101 cm³/mol. The molecule has 0 bridgehead atoms. The molecule has 2 aromatic rings. The summed E-state index contributed by atoms with van der Waals surface area (Å²) in [6, 6.07) is 7.26. The Hall–Kier alpha value is -1.32. The zero-order chi connectivity index (χ0) is 16.9. The zero-order valence-corrected chi connectivity index (χ0v) is 15.4. The van der Waals surface area contributed by atoms with Gasteiger partial charge in [0.1, 0.15) is 5.75 Å². The average Bonchev–Trinajstić information content (AvgIpc) is 2.61. The summed E-state index contributed by atoms with van der Waals surface area (Å²) in [5, 5.41) is 6.63. The summed E-state index contributed by atoms with van der Waals surface area (Å²) in [5.74, 6) is 0.798. The van der Waals surface area contributed by atoms with E-state index >= 15 is 0 Å². The van der Waals surface area contributed by atoms with Gasteiger partial charge in [-0.15, -0.1) is 0 Å². The van der Waals surface area contributed by atoms with Crippen LogP contribution in [0.5, 0.6) is 5.75 Å². The van der Waals surface area contributed by atoms with Crippen molar-refractivity contribution in [1.82, 2.24) is 10.3 Å². The molecule has 1 heterocycles. The van der Waals surface area contributed by atoms with Gasteiger partial charge in [0.2, 0.25) is 0 Å². The van der Waals surface area contributed by atoms with Crippen LogP contribution in [0.15, 0.2) is 30.6 Å². The van der Waals surface area contributed by atoms with Crippen molar-refractivity contribution in [1.29, 1.82) is 0 Å². The Bertz CT molecular complexity index is 664. The van der Waals surface area contributed by atoms with E-state index in [0.29, 0.717) is 17.1 Å². The van der Waals surface area contributed by atoms with Gasteiger partial charge in [-0.05, 0) is 62.1 Å². The van der Waals surface area contributed by atoms with Gasteiger partial charge in [-0.25, -0.2) is 0 Å². The van der Waals surface area contributed by atoms with Crippen LogP contribution in [0, 0.1) is 0 Å². The molecule has 1 aromatic carbocycles. The van der Waals surface area contributed by atoms with Gasteiger partial charge in [-0.3, -0.25) is 4.98 Å². The van der Waals surface area contributed by atoms with Gasteiger partial charge < -0.3 is 10.1 Å². The minimum absolute atomic E-state index is 0.265. The lowest BCUT2D eigenvalue weighted by molar-refractivity contribution is 0.136. The third-order valence-corrected chi connectivity index (χ3v) is 5.41. The predicted octanol–water partition coefficient (Wildman–Crippen LogP) is 5.36. The maximum absolute atomic E-state index is 6.39. The van der Waals surface area contributed by atoms with Gasteiger partial charge in [0, 0.05) is 29.9 Å². The van der Waals surface area contributed by atoms with Crippen molar-refractivity contribution in [3.63, 3.8) is 0 Å². The van der Waals surface area contributed by atoms with Gasteiger partial charge in [-0.2, -0.15) is 0 Å². The third-order valence-electron chi connectivity index (χ3n) is 5.12. The second-order valence-corrected chi connectivity index (χ2v) is 7.18. The van der Waals surface area contributed by atoms with E-state index in [0.717, 1.165) is 29.4 Å². The second kappa shape index (κ2) is 8.17. The maximum Gasteiger partial charge on any atom is 0.138 e. The van der Waals surface area contributed by atoms with Gasteiger partial charge in [0.05, 0.1) is 11.1 Å². The van der Waals surface area contributed by atoms with Gasteiger partial charge in [-0.1, -0.05) is 25.4 Å². The first kappa shape index (κ1) is 17.5. The van der Waals surface area contributed by atoms with Crippen molar-refractivity contribution in [2.24, 2.45) is 0 Å². The van der Waals surface area contributed by atoms with Gasteiger partial charge in [0.15, 0.2) is 0 Å². The SMILES string of the molecule is CCC(CC)NC1CCC(Oc2cc3ccncc3cc2Cl)CC1. The molecule has 0 radical (unpaired) electrons. The smallest absolute Gasteiger partial charge is 0.138 e. The summed E-state index contributed by atoms with van der Waals surface area (Å²) in [4.78, 5) is 4.14. The number of hydrogen-bond acceptors (Lipinski definition) is 3. The molecule has 0 unspecified atom stereocenters. The van der Waals surface area contributed by atoms with Crippen LogP contribution in [0.3, 0.4) is 0 Å². The van der Waals surface area contributed by atoms with E-state index in [4.69, 9.17) is 16.3 Å². The zero-order valence-electron chi connectivity index (χ0n) is 14.6. The summed E-state index contributed by atoms with van der Waals surface area (Å²) in [7, 11) is 0. The fourth-order valence-electron chi connectivity index (χ4n) is 3.56. The topological polar surface area (TPSA) is 34.1 Å². The van der Waals surface area contributed by atoms with Crippen LogP contribution in [-0.4, -0.2) is 23.2 Å². The first-order chi connectivity index (χ1) is 11.7. The molecular weight excluding hydrogens is 320 g/mol. The number of halogens is 1. The fourth-order valence-corrected chi connectivity index (χ4v) is 3.78. The lowest BCUT2D eigenvalue weighted by atomic mass is 9.92. The lowest BCUT2D eigenvalue weighted by Gasteiger charge is -2.32. The molecule has 1 aliphatic carbocycles. The first-order valence-electron chi connectivity index (χ1n) is 9.15. The second-order valence-electron chi connectivity index (χ2n) is 6.78. The monoisotopic (exact) mass is 346 g/mol. The molecular formula is C20H27ClN2O. The Kier molecular flexibility index (Phi) is 5.96. The Morgan fingerprint density at radius 1 is 1.17 bits per heavy atom. The van der Waals surface area contributed by atoms with Crippen molar-refractivity contribution in [2.75, 3.05) is 0 Å². The molecule has 24 heavy (non-hydrogen) atoms. The number of pyridine rings is 1. The number of nitrogens with zero attached hydrogens (tertiary/aromatic N) is 1. The highest BCUT2D eigenvalue weighted by atomic mass is 35.5. The molecule has 0 saturated heterocycles. The highest BCUT2D eigenvalue weighted by Gasteiger charge is 2.24. The Labute approximate surface area is 149 Å². The molecule has 1 aliphatic rings. The van der Waals surface area contributed by atoms with E-state index in [1.165, 1.54) is 25.7 Å². The molecule has 0 atom stereocenters. The van der Waals surface area contributed by atoms with E-state index < -0.39 is 0 Å². The molecule has 3 nitrogen and oxygen atoms in total. The number of fused-ring (bicyclic) bond motifs is 1. The van der Waals surface area contributed by atoms with Crippen LogP contribution in [0.25, 0.3) is 10.8 Å². The average molecular weight is 347 g/mol. The van der Waals surface area contributed by atoms with Crippen molar-refractivity contribution in [2.45, 2.75) is 70.6 Å². The van der Waals surface area contributed by atoms with E-state index in [1.54, 1.807) is 6.20 Å². The van der Waals surface area contributed by atoms with Crippen LogP contribution in [0.2, 0.25) is 5.02 Å². The standard InChI is InChI=1S/C20H27ClN2O/c1-3-16(4-2)23-17-5-7-18(8-6-17)24-20-12-14-9-10-22-13-15(14)11-19(20)21/h9-13,16-18,23H,3-8H2,1-2H3. The molecule has 1 N–H and O–H groups in total. The minimum atomic E-state index is 0.265. The molecule has 1 aromatic heterocycles. The summed E-state index contributed by atoms with van der Waals surface area (Å²) in [6.07, 6.45) is 10.8. The largest absolute Gasteiger partial charge is 0.489 e. The van der Waals surface area contributed by atoms with Gasteiger partial charge >= 0.3 is 0 Å². The number of rotatable bonds is 6. The molecule has 3 rings (SSSR count). The van der Waals surface area contributed by atoms with Crippen molar-refractivity contribution < 1.29 is 4.74 Å². The van der Waals surface area contributed by atoms with Crippen molar-refractivity contribution >= 4 is 22.4 Å². The molecule has 130 valence electrons. The van der Waals surface area contributed by atoms with Crippen LogP contribution in [0.1, 0.15) is 52.4 Å². The van der Waals surface area contributed by atoms with Crippen molar-refractivity contribution in [3.8, 4) is 5.75 Å². The molecule has 4 heteroatoms. The Morgan fingerprint density at radius 3 is 2.62 bits per heavy atom. The molecule has 0 aliphatic heterocycles. The van der Waals surface area contributed by atoms with E-state index in [9.17, 15) is 0 Å². The highest BCUT2D eigenvalue weighted by molar-refractivity contribution is 6.32. The van der Waals surface area contributed by atoms with Crippen LogP contribution < -0.4 is 10.1 Å². The summed E-state index contributed by atoms with van der Waals surface area (Å²) < 4.78 is 6.22. The lowest BCUT2D eigenvalue weighted by Crippen LogP contribution is -2.41. The third kappa shape index (κ3) is 4.20. The quantitative estimate of drug-likeness (QED) is 0.764. The molecule has 1 saturated carbocycles. The first-order valence-corrected chi connectivity index (χ1v) is 9.53. The van der Waals surface area contributed by atoms with E-state index in [1.807, 2.05) is 24.4 Å². The molecule has 1 fully saturated rings. The van der Waals surface area contributed by atoms with Crippen LogP contribution >= 0.6 is 11.6 Å². The normalized spacial score (nSPS) is 21.3. The minimum Gasteiger partial charge on any atom is -0.489 e. The number of hydrogen-bond donors (Lipinski definition) is 1. The van der Waals surface area contributed by atoms with Crippen molar-refractivity contribution in [3.05, 3.63) is 35.6 Å². The summed E-state index contributed by atoms with van der Waals surface area (Å²) in [6.45, 7) is 4.51. The Morgan fingerprint density at radius 2 is 1.92 bits per heavy atom. The number of ether oxygens (including phenoxy) is 1. The number of aromatic nitrogens is 1. The maximum atomic E-state index is 6.39. The number of benzene rings is 1. The molecule has 0 spiro atoms. The summed E-state index contributed by atoms with van der Waals surface area (Å²) >= 11 is 6.39. The summed E-state index contributed by atoms with van der Waals surface area (Å²) in [5.41, 5.74) is 0.